The molecule has 1 aromatic rings. The number of nitrogens with two attached hydrogens (primary N) is 1. The Morgan fingerprint density at radius 2 is 2.11 bits per heavy atom. The molecule has 19 heavy (non-hydrogen) atoms. The van der Waals surface area contributed by atoms with Gasteiger partial charge < -0.3 is 15.8 Å². The molecule has 0 heterocycles. The molecule has 0 unspecified atom stereocenters. The number of primary amides is 1. The fourth-order valence-electron chi connectivity index (χ4n) is 1.40. The van der Waals surface area contributed by atoms with Crippen LogP contribution in [0.3, 0.4) is 0 Å². The molecule has 106 valence electrons. The summed E-state index contributed by atoms with van der Waals surface area (Å²) in [6.45, 7) is 6.81. The highest BCUT2D eigenvalue weighted by atomic mass is 19.1. The highest BCUT2D eigenvalue weighted by Crippen LogP contribution is 2.19. The standard InChI is InChI=1S/C14H21FN2O2/c1-14(2,3)17-9-10-4-5-12(11(15)8-10)19-7-6-13(16)18/h4-5,8,17H,6-7,9H2,1-3H3,(H2,16,18). The van der Waals surface area contributed by atoms with Crippen molar-refractivity contribution in [2.45, 2.75) is 39.3 Å². The predicted octanol–water partition coefficient (Wildman–Crippen LogP) is 1.97. The van der Waals surface area contributed by atoms with Gasteiger partial charge in [-0.2, -0.15) is 0 Å². The molecule has 0 spiro atoms. The van der Waals surface area contributed by atoms with Crippen LogP contribution in [-0.2, 0) is 11.3 Å². The minimum absolute atomic E-state index is 0.0207. The number of rotatable bonds is 6. The number of nitrogens with one attached hydrogen (secondary N) is 1. The summed E-state index contributed by atoms with van der Waals surface area (Å²) in [5.74, 6) is -0.759. The van der Waals surface area contributed by atoms with Gasteiger partial charge in [-0.15, -0.1) is 0 Å². The fourth-order valence-corrected chi connectivity index (χ4v) is 1.40. The largest absolute Gasteiger partial charge is 0.490 e. The molecule has 3 N–H and O–H groups in total. The third-order valence-electron chi connectivity index (χ3n) is 2.43. The zero-order chi connectivity index (χ0) is 14.5. The Hall–Kier alpha value is -1.62. The number of ether oxygens (including phenoxy) is 1. The molecule has 5 heteroatoms. The van der Waals surface area contributed by atoms with Crippen molar-refractivity contribution in [1.29, 1.82) is 0 Å². The normalized spacial score (nSPS) is 11.4. The Labute approximate surface area is 113 Å². The lowest BCUT2D eigenvalue weighted by atomic mass is 10.1. The van der Waals surface area contributed by atoms with Crippen LogP contribution in [0.1, 0.15) is 32.8 Å². The van der Waals surface area contributed by atoms with Crippen molar-refractivity contribution in [3.05, 3.63) is 29.6 Å². The second kappa shape index (κ2) is 6.52. The number of halogens is 1. The molecule has 0 atom stereocenters. The third-order valence-corrected chi connectivity index (χ3v) is 2.43. The van der Waals surface area contributed by atoms with Crippen molar-refractivity contribution >= 4 is 5.91 Å². The molecule has 0 saturated carbocycles. The summed E-state index contributed by atoms with van der Waals surface area (Å²) in [4.78, 5) is 10.5. The number of hydrogen-bond acceptors (Lipinski definition) is 3. The van der Waals surface area contributed by atoms with Crippen LogP contribution >= 0.6 is 0 Å². The van der Waals surface area contributed by atoms with Crippen LogP contribution in [0.25, 0.3) is 0 Å². The molecule has 0 bridgehead atoms. The average Bonchev–Trinajstić information content (AvgIpc) is 2.27. The van der Waals surface area contributed by atoms with Gasteiger partial charge >= 0.3 is 0 Å². The maximum Gasteiger partial charge on any atom is 0.220 e. The maximum absolute atomic E-state index is 13.7. The van der Waals surface area contributed by atoms with E-state index in [0.29, 0.717) is 6.54 Å². The summed E-state index contributed by atoms with van der Waals surface area (Å²) >= 11 is 0. The van der Waals surface area contributed by atoms with Crippen LogP contribution in [0, 0.1) is 5.82 Å². The van der Waals surface area contributed by atoms with E-state index in [0.717, 1.165) is 5.56 Å². The van der Waals surface area contributed by atoms with Crippen LogP contribution < -0.4 is 15.8 Å². The topological polar surface area (TPSA) is 64.3 Å². The number of amides is 1. The first-order valence-corrected chi connectivity index (χ1v) is 6.22. The van der Waals surface area contributed by atoms with Gasteiger partial charge in [-0.05, 0) is 38.5 Å². The molecule has 1 rings (SSSR count). The van der Waals surface area contributed by atoms with Crippen LogP contribution in [0.2, 0.25) is 0 Å². The van der Waals surface area contributed by atoms with Crippen molar-refractivity contribution in [2.75, 3.05) is 6.61 Å². The van der Waals surface area contributed by atoms with Gasteiger partial charge in [-0.1, -0.05) is 6.07 Å². The van der Waals surface area contributed by atoms with E-state index >= 15 is 0 Å². The van der Waals surface area contributed by atoms with Crippen LogP contribution in [-0.4, -0.2) is 18.1 Å². The van der Waals surface area contributed by atoms with E-state index in [1.807, 2.05) is 20.8 Å². The fraction of sp³-hybridized carbons (Fsp3) is 0.500. The van der Waals surface area contributed by atoms with Crippen molar-refractivity contribution in [3.8, 4) is 5.75 Å². The Morgan fingerprint density at radius 1 is 1.42 bits per heavy atom. The summed E-state index contributed by atoms with van der Waals surface area (Å²) in [6.07, 6.45) is 0.0762. The number of benzene rings is 1. The highest BCUT2D eigenvalue weighted by molar-refractivity contribution is 5.73. The van der Waals surface area contributed by atoms with Gasteiger partial charge in [0, 0.05) is 12.1 Å². The number of carbonyl (C=O) groups excluding carboxylic acids is 1. The van der Waals surface area contributed by atoms with Crippen LogP contribution in [0.5, 0.6) is 5.75 Å². The molecular formula is C14H21FN2O2. The lowest BCUT2D eigenvalue weighted by Crippen LogP contribution is -2.35. The predicted molar refractivity (Wildman–Crippen MR) is 72.3 cm³/mol. The SMILES string of the molecule is CC(C)(C)NCc1ccc(OCCC(N)=O)c(F)c1. The molecule has 1 aromatic carbocycles. The molecule has 0 radical (unpaired) electrons. The lowest BCUT2D eigenvalue weighted by Gasteiger charge is -2.20. The summed E-state index contributed by atoms with van der Waals surface area (Å²) in [5.41, 5.74) is 5.80. The summed E-state index contributed by atoms with van der Waals surface area (Å²) in [7, 11) is 0. The van der Waals surface area contributed by atoms with Gasteiger partial charge in [0.05, 0.1) is 13.0 Å². The van der Waals surface area contributed by atoms with Gasteiger partial charge in [-0.3, -0.25) is 4.79 Å². The molecule has 0 aliphatic rings. The van der Waals surface area contributed by atoms with Gasteiger partial charge in [0.2, 0.25) is 5.91 Å². The maximum atomic E-state index is 13.7. The van der Waals surface area contributed by atoms with Gasteiger partial charge in [0.15, 0.2) is 11.6 Å². The second-order valence-corrected chi connectivity index (χ2v) is 5.43. The zero-order valence-corrected chi connectivity index (χ0v) is 11.6. The Balaban J connectivity index is 2.56. The van der Waals surface area contributed by atoms with Crippen molar-refractivity contribution in [3.63, 3.8) is 0 Å². The van der Waals surface area contributed by atoms with Crippen molar-refractivity contribution in [1.82, 2.24) is 5.32 Å². The molecule has 0 saturated heterocycles. The van der Waals surface area contributed by atoms with Gasteiger partial charge in [0.25, 0.3) is 0 Å². The summed E-state index contributed by atoms with van der Waals surface area (Å²) < 4.78 is 18.9. The van der Waals surface area contributed by atoms with Crippen molar-refractivity contribution < 1.29 is 13.9 Å². The second-order valence-electron chi connectivity index (χ2n) is 5.43. The third kappa shape index (κ3) is 6.20. The number of carbonyl (C=O) groups is 1. The molecule has 0 aliphatic carbocycles. The minimum atomic E-state index is -0.466. The molecule has 0 aromatic heterocycles. The van der Waals surface area contributed by atoms with E-state index in [2.05, 4.69) is 5.32 Å². The van der Waals surface area contributed by atoms with E-state index in [4.69, 9.17) is 10.5 Å². The summed E-state index contributed by atoms with van der Waals surface area (Å²) in [6, 6.07) is 4.79. The van der Waals surface area contributed by atoms with Gasteiger partial charge in [-0.25, -0.2) is 4.39 Å². The summed E-state index contributed by atoms with van der Waals surface area (Å²) in [5, 5.41) is 3.27. The smallest absolute Gasteiger partial charge is 0.220 e. The quantitative estimate of drug-likeness (QED) is 0.829. The van der Waals surface area contributed by atoms with E-state index in [-0.39, 0.29) is 24.3 Å². The van der Waals surface area contributed by atoms with Gasteiger partial charge in [0.1, 0.15) is 0 Å². The van der Waals surface area contributed by atoms with E-state index in [9.17, 15) is 9.18 Å². The average molecular weight is 268 g/mol. The monoisotopic (exact) mass is 268 g/mol. The molecule has 0 fully saturated rings. The van der Waals surface area contributed by atoms with E-state index in [1.54, 1.807) is 12.1 Å². The van der Waals surface area contributed by atoms with E-state index in [1.165, 1.54) is 6.07 Å². The molecule has 1 amide bonds. The van der Waals surface area contributed by atoms with E-state index < -0.39 is 11.7 Å². The number of hydrogen-bond donors (Lipinski definition) is 2. The Morgan fingerprint density at radius 3 is 2.63 bits per heavy atom. The molecule has 0 aliphatic heterocycles. The zero-order valence-electron chi connectivity index (χ0n) is 11.6. The first-order chi connectivity index (χ1) is 8.78. The Bertz CT molecular complexity index is 442. The first kappa shape index (κ1) is 15.4. The van der Waals surface area contributed by atoms with Crippen LogP contribution in [0.4, 0.5) is 4.39 Å². The van der Waals surface area contributed by atoms with Crippen molar-refractivity contribution in [2.24, 2.45) is 5.73 Å². The first-order valence-electron chi connectivity index (χ1n) is 6.22. The molecular weight excluding hydrogens is 247 g/mol. The van der Waals surface area contributed by atoms with Crippen LogP contribution in [0.15, 0.2) is 18.2 Å². The lowest BCUT2D eigenvalue weighted by molar-refractivity contribution is -0.118. The highest BCUT2D eigenvalue weighted by Gasteiger charge is 2.10. The molecule has 4 nitrogen and oxygen atoms in total. The Kier molecular flexibility index (Phi) is 5.30. The minimum Gasteiger partial charge on any atom is -0.490 e.